The first kappa shape index (κ1) is 12.1. The first-order chi connectivity index (χ1) is 8.90. The minimum Gasteiger partial charge on any atom is -0.329 e. The third-order valence-electron chi connectivity index (χ3n) is 4.22. The van der Waals surface area contributed by atoms with Gasteiger partial charge in [-0.1, -0.05) is 6.42 Å². The van der Waals surface area contributed by atoms with Crippen molar-refractivity contribution in [2.24, 2.45) is 5.73 Å². The number of hydrogen-bond acceptors (Lipinski definition) is 4. The zero-order valence-corrected chi connectivity index (χ0v) is 11.0. The van der Waals surface area contributed by atoms with Crippen molar-refractivity contribution in [1.29, 1.82) is 0 Å². The van der Waals surface area contributed by atoms with Gasteiger partial charge in [0, 0.05) is 26.1 Å². The van der Waals surface area contributed by atoms with Crippen molar-refractivity contribution in [1.82, 2.24) is 19.7 Å². The van der Waals surface area contributed by atoms with Crippen LogP contribution in [-0.2, 0) is 13.0 Å². The molecule has 0 spiro atoms. The maximum absolute atomic E-state index is 5.73. The SMILES string of the molecule is NCCN1CCCCC1c1nnc2n1CCCC2. The summed E-state index contributed by atoms with van der Waals surface area (Å²) in [6.45, 7) is 3.97. The second-order valence-electron chi connectivity index (χ2n) is 5.42. The smallest absolute Gasteiger partial charge is 0.150 e. The van der Waals surface area contributed by atoms with Crippen LogP contribution < -0.4 is 5.73 Å². The van der Waals surface area contributed by atoms with E-state index >= 15 is 0 Å². The molecule has 5 nitrogen and oxygen atoms in total. The molecule has 0 bridgehead atoms. The standard InChI is InChI=1S/C13H23N5/c14-7-10-17-8-3-1-5-11(17)13-16-15-12-6-2-4-9-18(12)13/h11H,1-10,14H2. The van der Waals surface area contributed by atoms with Gasteiger partial charge in [-0.05, 0) is 32.2 Å². The number of nitrogens with two attached hydrogens (primary N) is 1. The number of fused-ring (bicyclic) bond motifs is 1. The Hall–Kier alpha value is -0.940. The minimum absolute atomic E-state index is 0.446. The van der Waals surface area contributed by atoms with E-state index in [0.717, 1.165) is 32.6 Å². The third kappa shape index (κ3) is 2.17. The highest BCUT2D eigenvalue weighted by molar-refractivity contribution is 5.05. The average Bonchev–Trinajstić information content (AvgIpc) is 2.84. The lowest BCUT2D eigenvalue weighted by Crippen LogP contribution is -2.38. The molecule has 2 N–H and O–H groups in total. The molecule has 0 aliphatic carbocycles. The van der Waals surface area contributed by atoms with Gasteiger partial charge in [0.2, 0.25) is 0 Å². The fourth-order valence-electron chi connectivity index (χ4n) is 3.29. The Morgan fingerprint density at radius 2 is 2.00 bits per heavy atom. The Morgan fingerprint density at radius 1 is 1.11 bits per heavy atom. The minimum atomic E-state index is 0.446. The molecule has 2 aliphatic heterocycles. The van der Waals surface area contributed by atoms with Crippen LogP contribution in [0.1, 0.15) is 49.8 Å². The van der Waals surface area contributed by atoms with E-state index in [1.165, 1.54) is 43.8 Å². The predicted octanol–water partition coefficient (Wildman–Crippen LogP) is 1.10. The molecule has 1 aromatic rings. The van der Waals surface area contributed by atoms with Crippen molar-refractivity contribution in [3.05, 3.63) is 11.6 Å². The van der Waals surface area contributed by atoms with E-state index in [1.54, 1.807) is 0 Å². The van der Waals surface area contributed by atoms with Crippen LogP contribution in [0.5, 0.6) is 0 Å². The second kappa shape index (κ2) is 5.36. The fourth-order valence-corrected chi connectivity index (χ4v) is 3.29. The quantitative estimate of drug-likeness (QED) is 0.871. The Kier molecular flexibility index (Phi) is 3.61. The van der Waals surface area contributed by atoms with Gasteiger partial charge in [0.25, 0.3) is 0 Å². The molecule has 1 unspecified atom stereocenters. The summed E-state index contributed by atoms with van der Waals surface area (Å²) in [5.74, 6) is 2.38. The van der Waals surface area contributed by atoms with Gasteiger partial charge in [0.05, 0.1) is 6.04 Å². The van der Waals surface area contributed by atoms with Gasteiger partial charge in [-0.15, -0.1) is 10.2 Å². The second-order valence-corrected chi connectivity index (χ2v) is 5.42. The first-order valence-corrected chi connectivity index (χ1v) is 7.26. The number of aromatic nitrogens is 3. The van der Waals surface area contributed by atoms with Crippen LogP contribution in [0.15, 0.2) is 0 Å². The van der Waals surface area contributed by atoms with Crippen molar-refractivity contribution in [3.63, 3.8) is 0 Å². The Balaban J connectivity index is 1.85. The van der Waals surface area contributed by atoms with Crippen LogP contribution in [0.25, 0.3) is 0 Å². The molecule has 1 aromatic heterocycles. The summed E-state index contributed by atoms with van der Waals surface area (Å²) >= 11 is 0. The summed E-state index contributed by atoms with van der Waals surface area (Å²) in [5, 5.41) is 8.87. The Bertz CT molecular complexity index is 398. The summed E-state index contributed by atoms with van der Waals surface area (Å²) in [5.41, 5.74) is 5.73. The van der Waals surface area contributed by atoms with Gasteiger partial charge in [0.1, 0.15) is 11.6 Å². The number of aryl methyl sites for hydroxylation is 1. The summed E-state index contributed by atoms with van der Waals surface area (Å²) in [6, 6.07) is 0.446. The highest BCUT2D eigenvalue weighted by Crippen LogP contribution is 2.31. The molecular weight excluding hydrogens is 226 g/mol. The summed E-state index contributed by atoms with van der Waals surface area (Å²) < 4.78 is 2.36. The predicted molar refractivity (Wildman–Crippen MR) is 70.2 cm³/mol. The highest BCUT2D eigenvalue weighted by Gasteiger charge is 2.29. The maximum atomic E-state index is 5.73. The van der Waals surface area contributed by atoms with Crippen molar-refractivity contribution in [3.8, 4) is 0 Å². The maximum Gasteiger partial charge on any atom is 0.150 e. The van der Waals surface area contributed by atoms with Gasteiger partial charge in [-0.3, -0.25) is 4.90 Å². The zero-order chi connectivity index (χ0) is 12.4. The molecule has 0 amide bonds. The summed E-state index contributed by atoms with van der Waals surface area (Å²) in [6.07, 6.45) is 7.41. The van der Waals surface area contributed by atoms with Gasteiger partial charge < -0.3 is 10.3 Å². The molecule has 5 heteroatoms. The van der Waals surface area contributed by atoms with Crippen LogP contribution in [0, 0.1) is 0 Å². The van der Waals surface area contributed by atoms with Gasteiger partial charge in [-0.2, -0.15) is 0 Å². The summed E-state index contributed by atoms with van der Waals surface area (Å²) in [7, 11) is 0. The third-order valence-corrected chi connectivity index (χ3v) is 4.22. The molecule has 100 valence electrons. The van der Waals surface area contributed by atoms with Crippen LogP contribution in [-0.4, -0.2) is 39.3 Å². The van der Waals surface area contributed by atoms with E-state index < -0.39 is 0 Å². The van der Waals surface area contributed by atoms with Crippen molar-refractivity contribution >= 4 is 0 Å². The molecule has 3 rings (SSSR count). The molecule has 18 heavy (non-hydrogen) atoms. The lowest BCUT2D eigenvalue weighted by molar-refractivity contribution is 0.142. The first-order valence-electron chi connectivity index (χ1n) is 7.26. The van der Waals surface area contributed by atoms with Crippen LogP contribution in [0.3, 0.4) is 0 Å². The molecule has 2 aliphatic rings. The number of hydrogen-bond donors (Lipinski definition) is 1. The Morgan fingerprint density at radius 3 is 2.89 bits per heavy atom. The summed E-state index contributed by atoms with van der Waals surface area (Å²) in [4.78, 5) is 2.50. The van der Waals surface area contributed by atoms with Gasteiger partial charge in [0.15, 0.2) is 0 Å². The Labute approximate surface area is 108 Å². The van der Waals surface area contributed by atoms with E-state index in [2.05, 4.69) is 19.7 Å². The number of nitrogens with zero attached hydrogens (tertiary/aromatic N) is 4. The van der Waals surface area contributed by atoms with Crippen LogP contribution >= 0.6 is 0 Å². The van der Waals surface area contributed by atoms with Gasteiger partial charge in [-0.25, -0.2) is 0 Å². The molecule has 1 saturated heterocycles. The van der Waals surface area contributed by atoms with E-state index in [-0.39, 0.29) is 0 Å². The van der Waals surface area contributed by atoms with Crippen molar-refractivity contribution < 1.29 is 0 Å². The van der Waals surface area contributed by atoms with E-state index in [9.17, 15) is 0 Å². The van der Waals surface area contributed by atoms with E-state index in [0.29, 0.717) is 6.04 Å². The van der Waals surface area contributed by atoms with E-state index in [1.807, 2.05) is 0 Å². The number of likely N-dealkylation sites (tertiary alicyclic amines) is 1. The van der Waals surface area contributed by atoms with Gasteiger partial charge >= 0.3 is 0 Å². The van der Waals surface area contributed by atoms with E-state index in [4.69, 9.17) is 5.73 Å². The number of rotatable bonds is 3. The van der Waals surface area contributed by atoms with Crippen LogP contribution in [0.2, 0.25) is 0 Å². The molecule has 0 aromatic carbocycles. The number of piperidine rings is 1. The largest absolute Gasteiger partial charge is 0.329 e. The van der Waals surface area contributed by atoms with Crippen molar-refractivity contribution in [2.45, 2.75) is 51.1 Å². The van der Waals surface area contributed by atoms with Crippen LogP contribution in [0.4, 0.5) is 0 Å². The average molecular weight is 249 g/mol. The normalized spacial score (nSPS) is 25.1. The highest BCUT2D eigenvalue weighted by atomic mass is 15.3. The molecule has 0 saturated carbocycles. The topological polar surface area (TPSA) is 60.0 Å². The molecule has 0 radical (unpaired) electrons. The molecule has 3 heterocycles. The monoisotopic (exact) mass is 249 g/mol. The lowest BCUT2D eigenvalue weighted by Gasteiger charge is -2.35. The lowest BCUT2D eigenvalue weighted by atomic mass is 10.0. The van der Waals surface area contributed by atoms with Crippen molar-refractivity contribution in [2.75, 3.05) is 19.6 Å². The zero-order valence-electron chi connectivity index (χ0n) is 11.0. The molecular formula is C13H23N5. The fraction of sp³-hybridized carbons (Fsp3) is 0.846. The molecule has 1 fully saturated rings. The molecule has 1 atom stereocenters.